The van der Waals surface area contributed by atoms with E-state index < -0.39 is 6.23 Å². The summed E-state index contributed by atoms with van der Waals surface area (Å²) in [5.74, 6) is 0.273. The van der Waals surface area contributed by atoms with Gasteiger partial charge in [-0.15, -0.1) is 11.3 Å². The van der Waals surface area contributed by atoms with Crippen molar-refractivity contribution < 1.29 is 19.4 Å². The Morgan fingerprint density at radius 2 is 1.98 bits per heavy atom. The number of aliphatic hydroxyl groups excluding tert-OH is 1. The molecule has 1 amide bonds. The van der Waals surface area contributed by atoms with E-state index in [9.17, 15) is 19.5 Å². The van der Waals surface area contributed by atoms with Crippen LogP contribution in [0.2, 0.25) is 0 Å². The molecule has 6 heterocycles. The largest absolute Gasteiger partial charge is 0.378 e. The lowest BCUT2D eigenvalue weighted by Gasteiger charge is -2.31. The minimum absolute atomic E-state index is 0.109. The summed E-state index contributed by atoms with van der Waals surface area (Å²) in [6.45, 7) is 2.05. The smallest absolute Gasteiger partial charge is 0.290 e. The Morgan fingerprint density at radius 3 is 2.76 bits per heavy atom. The number of fused-ring (bicyclic) bond motifs is 3. The first kappa shape index (κ1) is 29.1. The number of ether oxygens (including phenoxy) is 1. The molecule has 1 unspecified atom stereocenters. The molecule has 1 fully saturated rings. The van der Waals surface area contributed by atoms with E-state index >= 15 is 0 Å². The molecule has 230 valence electrons. The number of pyridine rings is 2. The van der Waals surface area contributed by atoms with Gasteiger partial charge in [-0.25, -0.2) is 15.0 Å². The van der Waals surface area contributed by atoms with Gasteiger partial charge in [0, 0.05) is 48.4 Å². The molecular formula is C31H30N8O5S. The summed E-state index contributed by atoms with van der Waals surface area (Å²) in [5.41, 5.74) is 5.70. The number of aryl methyl sites for hydroxylation is 2. The molecular weight excluding hydrogens is 596 g/mol. The normalized spacial score (nSPS) is 19.7. The van der Waals surface area contributed by atoms with Crippen LogP contribution in [0, 0.1) is 0 Å². The van der Waals surface area contributed by atoms with E-state index in [1.807, 2.05) is 0 Å². The second-order valence-electron chi connectivity index (χ2n) is 11.0. The van der Waals surface area contributed by atoms with Gasteiger partial charge in [0.05, 0.1) is 41.9 Å². The maximum atomic E-state index is 13.6. The Morgan fingerprint density at radius 1 is 1.16 bits per heavy atom. The summed E-state index contributed by atoms with van der Waals surface area (Å²) in [6.07, 6.45) is 9.86. The van der Waals surface area contributed by atoms with Crippen LogP contribution in [0.1, 0.15) is 49.6 Å². The topological polar surface area (TPSA) is 155 Å². The Balaban J connectivity index is 1.23. The number of morpholine rings is 1. The van der Waals surface area contributed by atoms with Gasteiger partial charge in [0.1, 0.15) is 4.70 Å². The highest BCUT2D eigenvalue weighted by Crippen LogP contribution is 2.34. The van der Waals surface area contributed by atoms with Crippen molar-refractivity contribution in [3.05, 3.63) is 80.4 Å². The number of thiophene rings is 1. The number of hydrogen-bond donors (Lipinski definition) is 2. The van der Waals surface area contributed by atoms with Crippen molar-refractivity contribution >= 4 is 50.8 Å². The summed E-state index contributed by atoms with van der Waals surface area (Å²) in [5, 5.41) is 17.6. The molecule has 1 atom stereocenters. The highest BCUT2D eigenvalue weighted by atomic mass is 32.1. The van der Waals surface area contributed by atoms with Gasteiger partial charge in [-0.1, -0.05) is 0 Å². The number of aldehydes is 1. The van der Waals surface area contributed by atoms with Crippen molar-refractivity contribution in [2.45, 2.75) is 31.9 Å². The minimum Gasteiger partial charge on any atom is -0.378 e. The number of aliphatic imine (C=N–C) groups is 1. The van der Waals surface area contributed by atoms with Crippen LogP contribution < -0.4 is 11.0 Å². The van der Waals surface area contributed by atoms with Crippen LogP contribution in [0.5, 0.6) is 0 Å². The lowest BCUT2D eigenvalue weighted by molar-refractivity contribution is 0.0302. The predicted octanol–water partition coefficient (Wildman–Crippen LogP) is 2.28. The highest BCUT2D eigenvalue weighted by molar-refractivity contribution is 7.19. The molecule has 2 aliphatic heterocycles. The first-order chi connectivity index (χ1) is 21.9. The fourth-order valence-corrected chi connectivity index (χ4v) is 7.16. The van der Waals surface area contributed by atoms with Crippen molar-refractivity contribution in [1.82, 2.24) is 35.1 Å². The zero-order chi connectivity index (χ0) is 31.1. The third kappa shape index (κ3) is 5.35. The maximum Gasteiger partial charge on any atom is 0.290 e. The molecule has 4 aromatic heterocycles. The number of hydrogen-bond acceptors (Lipinski definition) is 12. The molecule has 13 nitrogen and oxygen atoms in total. The highest BCUT2D eigenvalue weighted by Gasteiger charge is 2.27. The number of aliphatic hydroxyl groups is 1. The van der Waals surface area contributed by atoms with Gasteiger partial charge in [-0.2, -0.15) is 14.8 Å². The molecule has 14 heteroatoms. The number of hydrazine groups is 1. The summed E-state index contributed by atoms with van der Waals surface area (Å²) < 4.78 is 7.11. The molecule has 0 aromatic carbocycles. The van der Waals surface area contributed by atoms with Crippen molar-refractivity contribution in [3.63, 3.8) is 0 Å². The van der Waals surface area contributed by atoms with Gasteiger partial charge in [-0.3, -0.25) is 14.4 Å². The second kappa shape index (κ2) is 12.0. The molecule has 0 radical (unpaired) electrons. The van der Waals surface area contributed by atoms with Crippen molar-refractivity contribution in [2.75, 3.05) is 33.4 Å². The molecule has 1 saturated heterocycles. The molecule has 2 N–H and O–H groups in total. The van der Waals surface area contributed by atoms with Crippen LogP contribution in [-0.4, -0.2) is 92.2 Å². The Kier molecular flexibility index (Phi) is 7.79. The minimum atomic E-state index is -1.14. The molecule has 7 rings (SSSR count). The van der Waals surface area contributed by atoms with Crippen LogP contribution in [-0.2, 0) is 17.6 Å². The summed E-state index contributed by atoms with van der Waals surface area (Å²) in [7, 11) is 1.63. The summed E-state index contributed by atoms with van der Waals surface area (Å²) >= 11 is 1.50. The van der Waals surface area contributed by atoms with E-state index in [0.717, 1.165) is 31.1 Å². The number of carbonyl (C=O) groups excluding carboxylic acids is 2. The van der Waals surface area contributed by atoms with Crippen molar-refractivity contribution in [2.24, 2.45) is 4.99 Å². The van der Waals surface area contributed by atoms with E-state index in [1.54, 1.807) is 42.4 Å². The molecule has 45 heavy (non-hydrogen) atoms. The Bertz CT molecular complexity index is 1930. The van der Waals surface area contributed by atoms with Gasteiger partial charge < -0.3 is 20.2 Å². The van der Waals surface area contributed by atoms with Crippen LogP contribution >= 0.6 is 11.3 Å². The average Bonchev–Trinajstić information content (AvgIpc) is 3.47. The fraction of sp³-hybridized carbons (Fsp3) is 0.323. The lowest BCUT2D eigenvalue weighted by Crippen LogP contribution is -2.49. The zero-order valence-corrected chi connectivity index (χ0v) is 25.3. The Hall–Kier alpha value is -4.63. The first-order valence-electron chi connectivity index (χ1n) is 14.7. The third-order valence-corrected chi connectivity index (χ3v) is 9.53. The maximum absolute atomic E-state index is 13.6. The van der Waals surface area contributed by atoms with Crippen LogP contribution in [0.4, 0.5) is 5.82 Å². The first-order valence-corrected chi connectivity index (χ1v) is 15.5. The molecule has 4 aromatic rings. The Labute approximate surface area is 261 Å². The number of nitrogens with zero attached hydrogens (tertiary/aromatic N) is 7. The molecule has 0 spiro atoms. The van der Waals surface area contributed by atoms with Gasteiger partial charge >= 0.3 is 0 Å². The number of amides is 1. The average molecular weight is 627 g/mol. The van der Waals surface area contributed by atoms with Gasteiger partial charge in [0.25, 0.3) is 11.5 Å². The summed E-state index contributed by atoms with van der Waals surface area (Å²) in [4.78, 5) is 55.2. The quantitative estimate of drug-likeness (QED) is 0.315. The molecule has 0 bridgehead atoms. The SMILES string of the molecule is CN1NC(c2ccnc(-n3ncc4c5c(sc4c3=O)CCCC5)c2C=O)=CC(=Nc2ccc(C(=O)N3CCOCC3)cn2)C1O. The molecule has 3 aliphatic rings. The predicted molar refractivity (Wildman–Crippen MR) is 168 cm³/mol. The second-order valence-corrected chi connectivity index (χ2v) is 12.1. The molecule has 0 saturated carbocycles. The van der Waals surface area contributed by atoms with Crippen LogP contribution in [0.3, 0.4) is 0 Å². The van der Waals surface area contributed by atoms with E-state index in [0.29, 0.717) is 59.9 Å². The number of aromatic nitrogens is 4. The summed E-state index contributed by atoms with van der Waals surface area (Å²) in [6, 6.07) is 4.91. The standard InChI is InChI=1S/C31H30N8O5S/c1-37-30(42)24(35-26-7-6-18(15-33-26)29(41)38-10-12-44-13-11-38)14-23(36-37)19-8-9-32-28(22(19)17-40)39-31(43)27-21(16-34-39)20-4-2-3-5-25(20)45-27/h6-9,14-17,30,36,42H,2-5,10-13H2,1H3. The van der Waals surface area contributed by atoms with E-state index in [4.69, 9.17) is 4.74 Å². The fourth-order valence-electron chi connectivity index (χ4n) is 5.87. The van der Waals surface area contributed by atoms with Gasteiger partial charge in [0.2, 0.25) is 0 Å². The van der Waals surface area contributed by atoms with Crippen LogP contribution in [0.15, 0.2) is 52.7 Å². The van der Waals surface area contributed by atoms with Gasteiger partial charge in [-0.05, 0) is 55.5 Å². The molecule has 1 aliphatic carbocycles. The zero-order valence-electron chi connectivity index (χ0n) is 24.5. The van der Waals surface area contributed by atoms with E-state index in [2.05, 4.69) is 25.5 Å². The number of carbonyl (C=O) groups is 2. The van der Waals surface area contributed by atoms with E-state index in [-0.39, 0.29) is 28.6 Å². The third-order valence-electron chi connectivity index (χ3n) is 8.24. The van der Waals surface area contributed by atoms with Crippen LogP contribution in [0.25, 0.3) is 21.6 Å². The lowest BCUT2D eigenvalue weighted by atomic mass is 9.97. The van der Waals surface area contributed by atoms with E-state index in [1.165, 1.54) is 43.9 Å². The number of rotatable bonds is 5. The van der Waals surface area contributed by atoms with Gasteiger partial charge in [0.15, 0.2) is 24.1 Å². The number of nitrogens with one attached hydrogen (secondary N) is 1. The van der Waals surface area contributed by atoms with Crippen molar-refractivity contribution in [1.29, 1.82) is 0 Å². The van der Waals surface area contributed by atoms with Crippen molar-refractivity contribution in [3.8, 4) is 5.82 Å². The monoisotopic (exact) mass is 626 g/mol.